The summed E-state index contributed by atoms with van der Waals surface area (Å²) in [6, 6.07) is 6.90. The minimum absolute atomic E-state index is 0. The van der Waals surface area contributed by atoms with Crippen molar-refractivity contribution in [1.29, 1.82) is 0 Å². The molecule has 3 nitrogen and oxygen atoms in total. The molecule has 1 rings (SSSR count). The number of benzene rings is 1. The molecule has 4 heteroatoms. The number of nitrogens with zero attached hydrogens (tertiary/aromatic N) is 1. The topological polar surface area (TPSA) is 41.5 Å². The standard InChI is InChI=1S/C8H9N2O.C2H6.CH3.Y/c1-2-9-7-3-5-8(10-11)6-4-7;1-2;;/h3-6,9H,1-2H2;1-2H3;1H3;/q-1;;-1;. The SMILES string of the molecule is CC.[CH2-]CNc1ccc(N=O)cc1.[CH3-].[Y]. The summed E-state index contributed by atoms with van der Waals surface area (Å²) in [4.78, 5) is 9.99. The van der Waals surface area contributed by atoms with Gasteiger partial charge in [0.05, 0.1) is 0 Å². The van der Waals surface area contributed by atoms with Crippen molar-refractivity contribution in [3.63, 3.8) is 0 Å². The van der Waals surface area contributed by atoms with E-state index in [4.69, 9.17) is 0 Å². The van der Waals surface area contributed by atoms with E-state index in [1.54, 1.807) is 24.3 Å². The number of anilines is 1. The molecule has 15 heavy (non-hydrogen) atoms. The van der Waals surface area contributed by atoms with E-state index in [1.807, 2.05) is 13.8 Å². The molecule has 0 aliphatic carbocycles. The Labute approximate surface area is 118 Å². The molecule has 1 aromatic carbocycles. The van der Waals surface area contributed by atoms with Crippen molar-refractivity contribution in [2.45, 2.75) is 13.8 Å². The predicted octanol–water partition coefficient (Wildman–Crippen LogP) is 3.80. The van der Waals surface area contributed by atoms with E-state index in [0.717, 1.165) is 5.69 Å². The second-order valence-electron chi connectivity index (χ2n) is 2.06. The Morgan fingerprint density at radius 3 is 2.07 bits per heavy atom. The summed E-state index contributed by atoms with van der Waals surface area (Å²) in [6.45, 7) is 8.26. The number of hydrogen-bond acceptors (Lipinski definition) is 3. The molecule has 1 aromatic rings. The Morgan fingerprint density at radius 1 is 1.27 bits per heavy atom. The van der Waals surface area contributed by atoms with Gasteiger partial charge in [0.15, 0.2) is 0 Å². The third-order valence-corrected chi connectivity index (χ3v) is 1.30. The van der Waals surface area contributed by atoms with Gasteiger partial charge in [-0.1, -0.05) is 13.8 Å². The first-order chi connectivity index (χ1) is 6.36. The van der Waals surface area contributed by atoms with Crippen LogP contribution in [0.25, 0.3) is 0 Å². The van der Waals surface area contributed by atoms with Gasteiger partial charge in [-0.15, -0.1) is 11.5 Å². The normalized spacial score (nSPS) is 7.13. The molecule has 0 aromatic heterocycles. The second kappa shape index (κ2) is 13.7. The van der Waals surface area contributed by atoms with Crippen LogP contribution in [-0.2, 0) is 32.7 Å². The fraction of sp³-hybridized carbons (Fsp3) is 0.273. The monoisotopic (exact) mass is 283 g/mol. The number of nitrogens with one attached hydrogen (secondary N) is 1. The fourth-order valence-corrected chi connectivity index (χ4v) is 0.784. The van der Waals surface area contributed by atoms with Gasteiger partial charge in [0.2, 0.25) is 0 Å². The first-order valence-corrected chi connectivity index (χ1v) is 4.33. The van der Waals surface area contributed by atoms with Crippen LogP contribution in [0, 0.1) is 19.3 Å². The summed E-state index contributed by atoms with van der Waals surface area (Å²) < 4.78 is 0. The Bertz CT molecular complexity index is 237. The maximum atomic E-state index is 9.99. The van der Waals surface area contributed by atoms with Gasteiger partial charge >= 0.3 is 0 Å². The van der Waals surface area contributed by atoms with E-state index >= 15 is 0 Å². The van der Waals surface area contributed by atoms with Crippen molar-refractivity contribution in [3.8, 4) is 0 Å². The quantitative estimate of drug-likeness (QED) is 0.677. The predicted molar refractivity (Wildman–Crippen MR) is 63.5 cm³/mol. The number of hydrogen-bond donors (Lipinski definition) is 1. The van der Waals surface area contributed by atoms with Crippen LogP contribution in [0.5, 0.6) is 0 Å². The molecule has 1 N–H and O–H groups in total. The van der Waals surface area contributed by atoms with Crippen LogP contribution in [-0.4, -0.2) is 6.54 Å². The summed E-state index contributed by atoms with van der Waals surface area (Å²) in [5.74, 6) is 0. The van der Waals surface area contributed by atoms with Crippen LogP contribution in [0.2, 0.25) is 0 Å². The summed E-state index contributed by atoms with van der Waals surface area (Å²) >= 11 is 0. The number of nitroso groups, excluding NO2 is 1. The molecule has 1 radical (unpaired) electrons. The van der Waals surface area contributed by atoms with E-state index in [0.29, 0.717) is 12.2 Å². The molecule has 0 saturated carbocycles. The van der Waals surface area contributed by atoms with E-state index in [2.05, 4.69) is 17.4 Å². The molecule has 0 amide bonds. The molecular formula is C11H18N2OY-2. The Kier molecular flexibility index (Phi) is 18.5. The molecule has 0 bridgehead atoms. The van der Waals surface area contributed by atoms with E-state index in [-0.39, 0.29) is 40.1 Å². The third kappa shape index (κ3) is 8.70. The summed E-state index contributed by atoms with van der Waals surface area (Å²) in [5, 5.41) is 5.78. The van der Waals surface area contributed by atoms with Gasteiger partial charge in [0.25, 0.3) is 0 Å². The minimum Gasteiger partial charge on any atom is -0.415 e. The molecule has 0 spiro atoms. The molecular weight excluding hydrogens is 265 g/mol. The van der Waals surface area contributed by atoms with Gasteiger partial charge in [0, 0.05) is 38.4 Å². The van der Waals surface area contributed by atoms with E-state index in [1.165, 1.54) is 0 Å². The van der Waals surface area contributed by atoms with E-state index in [9.17, 15) is 4.91 Å². The Hall–Kier alpha value is -0.276. The van der Waals surface area contributed by atoms with Crippen LogP contribution in [0.1, 0.15) is 13.8 Å². The van der Waals surface area contributed by atoms with Gasteiger partial charge in [-0.2, -0.15) is 0 Å². The zero-order valence-corrected chi connectivity index (χ0v) is 12.5. The molecule has 83 valence electrons. The third-order valence-electron chi connectivity index (χ3n) is 1.30. The molecule has 0 aliphatic rings. The van der Waals surface area contributed by atoms with Gasteiger partial charge in [-0.3, -0.25) is 0 Å². The van der Waals surface area contributed by atoms with Crippen molar-refractivity contribution < 1.29 is 32.7 Å². The van der Waals surface area contributed by atoms with Gasteiger partial charge < -0.3 is 19.7 Å². The van der Waals surface area contributed by atoms with Crippen LogP contribution >= 0.6 is 0 Å². The van der Waals surface area contributed by atoms with Crippen molar-refractivity contribution in [2.75, 3.05) is 11.9 Å². The molecule has 0 heterocycles. The fourth-order valence-electron chi connectivity index (χ4n) is 0.784. The van der Waals surface area contributed by atoms with Crippen molar-refractivity contribution in [2.24, 2.45) is 5.18 Å². The largest absolute Gasteiger partial charge is 0.415 e. The van der Waals surface area contributed by atoms with Gasteiger partial charge in [0.1, 0.15) is 5.69 Å². The molecule has 0 saturated heterocycles. The summed E-state index contributed by atoms with van der Waals surface area (Å²) in [6.07, 6.45) is 0. The molecule has 0 fully saturated rings. The summed E-state index contributed by atoms with van der Waals surface area (Å²) in [7, 11) is 0. The van der Waals surface area contributed by atoms with Crippen LogP contribution < -0.4 is 5.32 Å². The zero-order chi connectivity index (χ0) is 10.1. The Morgan fingerprint density at radius 2 is 1.73 bits per heavy atom. The molecule has 0 unspecified atom stereocenters. The Balaban J connectivity index is -0.000000339. The van der Waals surface area contributed by atoms with Crippen LogP contribution in [0.15, 0.2) is 29.4 Å². The van der Waals surface area contributed by atoms with Crippen LogP contribution in [0.4, 0.5) is 11.4 Å². The van der Waals surface area contributed by atoms with Crippen LogP contribution in [0.3, 0.4) is 0 Å². The molecule has 0 atom stereocenters. The molecule has 0 aliphatic heterocycles. The smallest absolute Gasteiger partial charge is 0.108 e. The summed E-state index contributed by atoms with van der Waals surface area (Å²) in [5.41, 5.74) is 1.40. The van der Waals surface area contributed by atoms with Gasteiger partial charge in [-0.25, -0.2) is 0 Å². The van der Waals surface area contributed by atoms with Crippen molar-refractivity contribution in [1.82, 2.24) is 0 Å². The average Bonchev–Trinajstić information content (AvgIpc) is 2.23. The van der Waals surface area contributed by atoms with Crippen molar-refractivity contribution in [3.05, 3.63) is 43.5 Å². The zero-order valence-electron chi connectivity index (χ0n) is 9.66. The maximum Gasteiger partial charge on any atom is 0.108 e. The second-order valence-corrected chi connectivity index (χ2v) is 2.06. The maximum absolute atomic E-state index is 9.99. The number of rotatable bonds is 3. The van der Waals surface area contributed by atoms with Crippen molar-refractivity contribution >= 4 is 11.4 Å². The minimum atomic E-state index is 0. The average molecular weight is 283 g/mol. The van der Waals surface area contributed by atoms with E-state index < -0.39 is 0 Å². The first-order valence-electron chi connectivity index (χ1n) is 4.33. The van der Waals surface area contributed by atoms with Gasteiger partial charge in [-0.05, 0) is 29.4 Å². The first kappa shape index (κ1) is 20.2.